The van der Waals surface area contributed by atoms with Gasteiger partial charge in [-0.25, -0.2) is 8.42 Å². The van der Waals surface area contributed by atoms with Gasteiger partial charge in [-0.1, -0.05) is 17.8 Å². The molecule has 6 nitrogen and oxygen atoms in total. The molecule has 2 rings (SSSR count). The van der Waals surface area contributed by atoms with Gasteiger partial charge in [0.1, 0.15) is 0 Å². The number of hydroxylamine groups is 1. The van der Waals surface area contributed by atoms with Crippen LogP contribution in [0.25, 0.3) is 0 Å². The van der Waals surface area contributed by atoms with Gasteiger partial charge in [-0.05, 0) is 29.7 Å². The van der Waals surface area contributed by atoms with Crippen LogP contribution in [0, 0.1) is 0 Å². The van der Waals surface area contributed by atoms with Gasteiger partial charge in [0.2, 0.25) is 10.0 Å². The van der Waals surface area contributed by atoms with Crippen LogP contribution in [-0.4, -0.2) is 33.4 Å². The average molecular weight is 315 g/mol. The predicted molar refractivity (Wildman–Crippen MR) is 78.7 cm³/mol. The molecule has 1 unspecified atom stereocenters. The van der Waals surface area contributed by atoms with E-state index in [4.69, 9.17) is 14.3 Å². The van der Waals surface area contributed by atoms with E-state index in [2.05, 4.69) is 0 Å². The van der Waals surface area contributed by atoms with Crippen LogP contribution in [-0.2, 0) is 21.5 Å². The van der Waals surface area contributed by atoms with E-state index in [1.54, 1.807) is 14.2 Å². The van der Waals surface area contributed by atoms with Crippen LogP contribution in [0.4, 0.5) is 0 Å². The summed E-state index contributed by atoms with van der Waals surface area (Å²) in [6, 6.07) is 3.35. The van der Waals surface area contributed by atoms with Crippen LogP contribution in [0.15, 0.2) is 12.1 Å². The fourth-order valence-corrected chi connectivity index (χ4v) is 3.50. The number of sulfonamides is 1. The Morgan fingerprint density at radius 2 is 1.90 bits per heavy atom. The third kappa shape index (κ3) is 3.14. The van der Waals surface area contributed by atoms with Crippen LogP contribution in [0.5, 0.6) is 11.5 Å². The van der Waals surface area contributed by atoms with Crippen molar-refractivity contribution in [3.05, 3.63) is 23.3 Å². The molecule has 0 bridgehead atoms. The van der Waals surface area contributed by atoms with Gasteiger partial charge >= 0.3 is 0 Å². The lowest BCUT2D eigenvalue weighted by Crippen LogP contribution is -2.37. The van der Waals surface area contributed by atoms with Crippen molar-refractivity contribution >= 4 is 10.0 Å². The minimum absolute atomic E-state index is 0.197. The number of hydrogen-bond donors (Lipinski definition) is 0. The molecule has 1 aromatic rings. The van der Waals surface area contributed by atoms with E-state index in [1.165, 1.54) is 0 Å². The maximum absolute atomic E-state index is 11.9. The molecule has 1 aliphatic rings. The highest BCUT2D eigenvalue weighted by atomic mass is 32.2. The number of hydrogen-bond acceptors (Lipinski definition) is 5. The lowest BCUT2D eigenvalue weighted by Gasteiger charge is -2.34. The van der Waals surface area contributed by atoms with Crippen molar-refractivity contribution in [3.8, 4) is 11.5 Å². The van der Waals surface area contributed by atoms with E-state index in [9.17, 15) is 8.42 Å². The van der Waals surface area contributed by atoms with Gasteiger partial charge in [-0.15, -0.1) is 0 Å². The molecule has 0 saturated heterocycles. The molecule has 118 valence electrons. The minimum atomic E-state index is -3.44. The molecular weight excluding hydrogens is 294 g/mol. The number of nitrogens with zero attached hydrogens (tertiary/aromatic N) is 1. The fourth-order valence-electron chi connectivity index (χ4n) is 2.57. The quantitative estimate of drug-likeness (QED) is 0.834. The zero-order valence-corrected chi connectivity index (χ0v) is 13.6. The minimum Gasteiger partial charge on any atom is -0.493 e. The van der Waals surface area contributed by atoms with Crippen molar-refractivity contribution in [2.24, 2.45) is 0 Å². The Hall–Kier alpha value is -1.31. The van der Waals surface area contributed by atoms with Gasteiger partial charge in [-0.3, -0.25) is 4.84 Å². The Morgan fingerprint density at radius 1 is 1.29 bits per heavy atom. The lowest BCUT2D eigenvalue weighted by atomic mass is 9.96. The van der Waals surface area contributed by atoms with E-state index in [0.29, 0.717) is 17.9 Å². The highest BCUT2D eigenvalue weighted by Crippen LogP contribution is 2.41. The highest BCUT2D eigenvalue weighted by molar-refractivity contribution is 7.88. The Balaban J connectivity index is 2.53. The van der Waals surface area contributed by atoms with Gasteiger partial charge in [0.05, 0.1) is 33.1 Å². The second-order valence-corrected chi connectivity index (χ2v) is 6.83. The van der Waals surface area contributed by atoms with Crippen molar-refractivity contribution in [2.75, 3.05) is 20.5 Å². The molecule has 0 radical (unpaired) electrons. The Labute approximate surface area is 125 Å². The predicted octanol–water partition coefficient (Wildman–Crippen LogP) is 2.25. The van der Waals surface area contributed by atoms with Gasteiger partial charge in [0, 0.05) is 0 Å². The van der Waals surface area contributed by atoms with E-state index < -0.39 is 10.0 Å². The molecule has 7 heteroatoms. The van der Waals surface area contributed by atoms with Gasteiger partial charge < -0.3 is 9.47 Å². The first-order chi connectivity index (χ1) is 9.92. The third-order valence-corrected chi connectivity index (χ3v) is 4.51. The molecule has 1 heterocycles. The SMILES string of the molecule is CCCC1c2cc(OC)c(OC)cc2CON1S(C)(=O)=O. The monoisotopic (exact) mass is 315 g/mol. The number of fused-ring (bicyclic) bond motifs is 1. The molecular formula is C14H21NO5S. The lowest BCUT2D eigenvalue weighted by molar-refractivity contribution is -0.139. The summed E-state index contributed by atoms with van der Waals surface area (Å²) in [6.07, 6.45) is 2.67. The van der Waals surface area contributed by atoms with Crippen molar-refractivity contribution in [2.45, 2.75) is 32.4 Å². The first kappa shape index (κ1) is 16.1. The topological polar surface area (TPSA) is 65.1 Å². The van der Waals surface area contributed by atoms with E-state index in [-0.39, 0.29) is 12.6 Å². The third-order valence-electron chi connectivity index (χ3n) is 3.50. The highest BCUT2D eigenvalue weighted by Gasteiger charge is 2.35. The largest absolute Gasteiger partial charge is 0.493 e. The number of methoxy groups -OCH3 is 2. The van der Waals surface area contributed by atoms with Crippen LogP contribution < -0.4 is 9.47 Å². The van der Waals surface area contributed by atoms with E-state index in [1.807, 2.05) is 19.1 Å². The van der Waals surface area contributed by atoms with Crippen LogP contribution in [0.2, 0.25) is 0 Å². The zero-order valence-electron chi connectivity index (χ0n) is 12.8. The van der Waals surface area contributed by atoms with E-state index >= 15 is 0 Å². The Kier molecular flexibility index (Phi) is 4.75. The van der Waals surface area contributed by atoms with Gasteiger partial charge in [0.15, 0.2) is 11.5 Å². The molecule has 0 amide bonds. The van der Waals surface area contributed by atoms with Crippen LogP contribution in [0.1, 0.15) is 36.9 Å². The summed E-state index contributed by atoms with van der Waals surface area (Å²) in [5.41, 5.74) is 1.83. The summed E-state index contributed by atoms with van der Waals surface area (Å²) >= 11 is 0. The molecule has 1 aliphatic heterocycles. The number of ether oxygens (including phenoxy) is 2. The standard InChI is InChI=1S/C14H21NO5S/c1-5-6-12-11-8-14(19-3)13(18-2)7-10(11)9-20-15(12)21(4,16)17/h7-8,12H,5-6,9H2,1-4H3. The molecule has 0 fully saturated rings. The summed E-state index contributed by atoms with van der Waals surface area (Å²) in [4.78, 5) is 5.46. The summed E-state index contributed by atoms with van der Waals surface area (Å²) in [5.74, 6) is 1.20. The van der Waals surface area contributed by atoms with Crippen molar-refractivity contribution in [3.63, 3.8) is 0 Å². The summed E-state index contributed by atoms with van der Waals surface area (Å²) in [5, 5.41) is 0. The molecule has 1 aromatic carbocycles. The first-order valence-corrected chi connectivity index (χ1v) is 8.64. The Morgan fingerprint density at radius 3 is 2.43 bits per heavy atom. The van der Waals surface area contributed by atoms with Crippen molar-refractivity contribution in [1.82, 2.24) is 4.47 Å². The van der Waals surface area contributed by atoms with Crippen molar-refractivity contribution in [1.29, 1.82) is 0 Å². The summed E-state index contributed by atoms with van der Waals surface area (Å²) in [7, 11) is -0.304. The summed E-state index contributed by atoms with van der Waals surface area (Å²) < 4.78 is 35.5. The normalized spacial score (nSPS) is 19.1. The molecule has 0 N–H and O–H groups in total. The smallest absolute Gasteiger partial charge is 0.233 e. The molecule has 0 aromatic heterocycles. The molecule has 21 heavy (non-hydrogen) atoms. The van der Waals surface area contributed by atoms with Crippen molar-refractivity contribution < 1.29 is 22.7 Å². The molecule has 0 aliphatic carbocycles. The molecule has 0 saturated carbocycles. The summed E-state index contributed by atoms with van der Waals surface area (Å²) in [6.45, 7) is 2.21. The maximum atomic E-state index is 11.9. The van der Waals surface area contributed by atoms with E-state index in [0.717, 1.165) is 28.3 Å². The fraction of sp³-hybridized carbons (Fsp3) is 0.571. The average Bonchev–Trinajstić information content (AvgIpc) is 2.45. The second kappa shape index (κ2) is 6.21. The number of benzene rings is 1. The second-order valence-electron chi connectivity index (χ2n) is 5.00. The molecule has 0 spiro atoms. The maximum Gasteiger partial charge on any atom is 0.233 e. The van der Waals surface area contributed by atoms with Crippen LogP contribution in [0.3, 0.4) is 0 Å². The van der Waals surface area contributed by atoms with Gasteiger partial charge in [-0.2, -0.15) is 0 Å². The first-order valence-electron chi connectivity index (χ1n) is 6.79. The van der Waals surface area contributed by atoms with Crippen LogP contribution >= 0.6 is 0 Å². The number of rotatable bonds is 5. The van der Waals surface area contributed by atoms with Gasteiger partial charge in [0.25, 0.3) is 0 Å². The molecule has 1 atom stereocenters. The Bertz CT molecular complexity index is 614. The zero-order chi connectivity index (χ0) is 15.6.